The molecule has 114 valence electrons. The highest BCUT2D eigenvalue weighted by molar-refractivity contribution is 7.12. The minimum atomic E-state index is -1.03. The maximum absolute atomic E-state index is 12.2. The lowest BCUT2D eigenvalue weighted by atomic mass is 10.00. The molecule has 0 aromatic carbocycles. The highest BCUT2D eigenvalue weighted by Gasteiger charge is 2.27. The molecule has 1 saturated heterocycles. The second-order valence-electron chi connectivity index (χ2n) is 4.95. The molecule has 1 aromatic rings. The zero-order chi connectivity index (χ0) is 15.2. The van der Waals surface area contributed by atoms with E-state index < -0.39 is 5.97 Å². The number of amides is 1. The molecule has 1 aliphatic rings. The van der Waals surface area contributed by atoms with Crippen LogP contribution in [0.4, 0.5) is 0 Å². The number of hydrogen-bond acceptors (Lipinski definition) is 4. The molecule has 0 aliphatic carbocycles. The van der Waals surface area contributed by atoms with Crippen LogP contribution in [0.1, 0.15) is 35.0 Å². The summed E-state index contributed by atoms with van der Waals surface area (Å²) in [4.78, 5) is 23.3. The van der Waals surface area contributed by atoms with Gasteiger partial charge >= 0.3 is 5.97 Å². The first-order valence-corrected chi connectivity index (χ1v) is 7.88. The number of thiophene rings is 1. The quantitative estimate of drug-likeness (QED) is 0.791. The Kier molecular flexibility index (Phi) is 5.52. The fraction of sp³-hybridized carbons (Fsp3) is 0.467. The number of carboxylic acid groups (broad SMARTS) is 1. The van der Waals surface area contributed by atoms with Crippen LogP contribution in [-0.4, -0.2) is 36.2 Å². The van der Waals surface area contributed by atoms with Crippen LogP contribution in [0.3, 0.4) is 0 Å². The Labute approximate surface area is 127 Å². The molecule has 21 heavy (non-hydrogen) atoms. The molecule has 1 fully saturated rings. The molecule has 1 aromatic heterocycles. The van der Waals surface area contributed by atoms with Crippen molar-refractivity contribution in [3.05, 3.63) is 28.0 Å². The summed E-state index contributed by atoms with van der Waals surface area (Å²) in [5.41, 5.74) is 0.634. The van der Waals surface area contributed by atoms with E-state index in [-0.39, 0.29) is 12.0 Å². The van der Waals surface area contributed by atoms with Gasteiger partial charge in [0.15, 0.2) is 0 Å². The number of carbonyl (C=O) groups is 2. The smallest absolute Gasteiger partial charge is 0.328 e. The van der Waals surface area contributed by atoms with Gasteiger partial charge in [-0.25, -0.2) is 4.79 Å². The summed E-state index contributed by atoms with van der Waals surface area (Å²) >= 11 is 1.31. The van der Waals surface area contributed by atoms with E-state index in [4.69, 9.17) is 9.84 Å². The summed E-state index contributed by atoms with van der Waals surface area (Å²) in [7, 11) is 0. The first kappa shape index (κ1) is 15.7. The van der Waals surface area contributed by atoms with E-state index >= 15 is 0 Å². The second-order valence-corrected chi connectivity index (χ2v) is 5.87. The average molecular weight is 309 g/mol. The van der Waals surface area contributed by atoms with Crippen LogP contribution in [0.15, 0.2) is 17.5 Å². The van der Waals surface area contributed by atoms with Crippen molar-refractivity contribution in [1.29, 1.82) is 0 Å². The Morgan fingerprint density at radius 2 is 2.38 bits per heavy atom. The van der Waals surface area contributed by atoms with Crippen LogP contribution in [-0.2, 0) is 9.53 Å². The number of carboxylic acids is 1. The van der Waals surface area contributed by atoms with Crippen molar-refractivity contribution in [1.82, 2.24) is 5.32 Å². The molecule has 0 saturated carbocycles. The van der Waals surface area contributed by atoms with Gasteiger partial charge in [-0.3, -0.25) is 4.79 Å². The Morgan fingerprint density at radius 1 is 1.57 bits per heavy atom. The number of hydrogen-bond donors (Lipinski definition) is 2. The van der Waals surface area contributed by atoms with Gasteiger partial charge in [-0.1, -0.05) is 6.92 Å². The number of nitrogens with one attached hydrogen (secondary N) is 1. The lowest BCUT2D eigenvalue weighted by molar-refractivity contribution is -0.131. The predicted molar refractivity (Wildman–Crippen MR) is 81.5 cm³/mol. The fourth-order valence-corrected chi connectivity index (χ4v) is 3.28. The molecule has 2 atom stereocenters. The van der Waals surface area contributed by atoms with Crippen molar-refractivity contribution in [2.45, 2.75) is 25.9 Å². The van der Waals surface area contributed by atoms with E-state index in [1.807, 2.05) is 0 Å². The minimum Gasteiger partial charge on any atom is -0.478 e. The van der Waals surface area contributed by atoms with Crippen molar-refractivity contribution in [2.75, 3.05) is 13.2 Å². The maximum Gasteiger partial charge on any atom is 0.328 e. The number of aliphatic carboxylic acids is 1. The lowest BCUT2D eigenvalue weighted by Gasteiger charge is -2.17. The molecular formula is C15H19NO4S. The monoisotopic (exact) mass is 309 g/mol. The van der Waals surface area contributed by atoms with E-state index in [9.17, 15) is 9.59 Å². The predicted octanol–water partition coefficient (Wildman–Crippen LogP) is 2.39. The lowest BCUT2D eigenvalue weighted by Crippen LogP contribution is -2.32. The van der Waals surface area contributed by atoms with Crippen molar-refractivity contribution < 1.29 is 19.4 Å². The van der Waals surface area contributed by atoms with Crippen LogP contribution >= 0.6 is 11.3 Å². The molecule has 1 amide bonds. The van der Waals surface area contributed by atoms with Crippen LogP contribution in [0, 0.1) is 5.92 Å². The summed E-state index contributed by atoms with van der Waals surface area (Å²) in [5.74, 6) is -0.824. The molecule has 0 radical (unpaired) electrons. The molecule has 5 nitrogen and oxygen atoms in total. The molecule has 0 bridgehead atoms. The van der Waals surface area contributed by atoms with Crippen LogP contribution in [0.5, 0.6) is 0 Å². The molecular weight excluding hydrogens is 290 g/mol. The Morgan fingerprint density at radius 3 is 3.10 bits per heavy atom. The highest BCUT2D eigenvalue weighted by atomic mass is 32.1. The van der Waals surface area contributed by atoms with Crippen LogP contribution < -0.4 is 5.32 Å². The Balaban J connectivity index is 1.95. The van der Waals surface area contributed by atoms with E-state index in [1.165, 1.54) is 17.4 Å². The normalized spacial score (nSPS) is 21.8. The summed E-state index contributed by atoms with van der Waals surface area (Å²) in [5, 5.41) is 13.4. The molecule has 1 aliphatic heterocycles. The number of rotatable bonds is 6. The van der Waals surface area contributed by atoms with Crippen molar-refractivity contribution in [3.8, 4) is 0 Å². The fourth-order valence-electron chi connectivity index (χ4n) is 2.48. The molecule has 2 rings (SSSR count). The third-order valence-corrected chi connectivity index (χ3v) is 4.51. The molecule has 2 heterocycles. The van der Waals surface area contributed by atoms with Gasteiger partial charge in [0.25, 0.3) is 5.91 Å². The van der Waals surface area contributed by atoms with Crippen molar-refractivity contribution >= 4 is 29.3 Å². The van der Waals surface area contributed by atoms with E-state index in [1.54, 1.807) is 11.4 Å². The topological polar surface area (TPSA) is 75.6 Å². The molecule has 2 unspecified atom stereocenters. The summed E-state index contributed by atoms with van der Waals surface area (Å²) in [6.45, 7) is 3.43. The minimum absolute atomic E-state index is 0.156. The van der Waals surface area contributed by atoms with Crippen LogP contribution in [0.25, 0.3) is 6.08 Å². The van der Waals surface area contributed by atoms with Gasteiger partial charge in [0.2, 0.25) is 0 Å². The zero-order valence-electron chi connectivity index (χ0n) is 11.9. The van der Waals surface area contributed by atoms with Gasteiger partial charge in [0.1, 0.15) is 0 Å². The van der Waals surface area contributed by atoms with Gasteiger partial charge in [0, 0.05) is 25.1 Å². The second kappa shape index (κ2) is 7.38. The van der Waals surface area contributed by atoms with E-state index in [0.717, 1.165) is 25.5 Å². The third kappa shape index (κ3) is 4.15. The van der Waals surface area contributed by atoms with Crippen molar-refractivity contribution in [2.24, 2.45) is 5.92 Å². The number of carbonyl (C=O) groups excluding carboxylic acids is 1. The van der Waals surface area contributed by atoms with Gasteiger partial charge < -0.3 is 15.2 Å². The maximum atomic E-state index is 12.2. The van der Waals surface area contributed by atoms with Gasteiger partial charge in [-0.15, -0.1) is 11.3 Å². The standard InChI is InChI=1S/C15H19NO4S/c1-2-12-11(5-7-20-12)9-16-15(19)14-10(6-8-21-14)3-4-13(17)18/h3-4,6,8,11-12H,2,5,7,9H2,1H3,(H,16,19)(H,17,18)/b4-3+. The van der Waals surface area contributed by atoms with E-state index in [2.05, 4.69) is 12.2 Å². The first-order chi connectivity index (χ1) is 10.1. The molecule has 6 heteroatoms. The highest BCUT2D eigenvalue weighted by Crippen LogP contribution is 2.23. The van der Waals surface area contributed by atoms with Gasteiger partial charge in [-0.05, 0) is 35.9 Å². The van der Waals surface area contributed by atoms with Crippen molar-refractivity contribution in [3.63, 3.8) is 0 Å². The van der Waals surface area contributed by atoms with Gasteiger partial charge in [-0.2, -0.15) is 0 Å². The summed E-state index contributed by atoms with van der Waals surface area (Å²) < 4.78 is 5.60. The number of ether oxygens (including phenoxy) is 1. The Hall–Kier alpha value is -1.66. The largest absolute Gasteiger partial charge is 0.478 e. The summed E-state index contributed by atoms with van der Waals surface area (Å²) in [6.07, 6.45) is 4.62. The SMILES string of the molecule is CCC1OCCC1CNC(=O)c1sccc1/C=C/C(=O)O. The Bertz CT molecular complexity index is 538. The average Bonchev–Trinajstić information content (AvgIpc) is 3.10. The molecule has 0 spiro atoms. The molecule has 2 N–H and O–H groups in total. The van der Waals surface area contributed by atoms with Crippen LogP contribution in [0.2, 0.25) is 0 Å². The van der Waals surface area contributed by atoms with Gasteiger partial charge in [0.05, 0.1) is 11.0 Å². The summed E-state index contributed by atoms with van der Waals surface area (Å²) in [6, 6.07) is 1.74. The third-order valence-electron chi connectivity index (χ3n) is 3.58. The zero-order valence-corrected chi connectivity index (χ0v) is 12.7. The van der Waals surface area contributed by atoms with E-state index in [0.29, 0.717) is 22.9 Å². The first-order valence-electron chi connectivity index (χ1n) is 7.00.